The molecule has 3 aliphatic rings. The van der Waals surface area contributed by atoms with Gasteiger partial charge in [-0.05, 0) is 178 Å². The normalized spacial score (nSPS) is 13.4. The van der Waals surface area contributed by atoms with Crippen molar-refractivity contribution in [3.63, 3.8) is 0 Å². The first-order chi connectivity index (χ1) is 38.8. The lowest BCUT2D eigenvalue weighted by Gasteiger charge is -2.47. The molecule has 0 aromatic heterocycles. The van der Waals surface area contributed by atoms with Crippen LogP contribution in [0.5, 0.6) is 0 Å². The lowest BCUT2D eigenvalue weighted by Crippen LogP contribution is -2.61. The molecule has 2 aliphatic heterocycles. The quantitative estimate of drug-likeness (QED) is 0.0893. The Balaban J connectivity index is 1.14. The van der Waals surface area contributed by atoms with Gasteiger partial charge in [0.05, 0.1) is 11.4 Å². The maximum atomic E-state index is 2.72. The van der Waals surface area contributed by atoms with Gasteiger partial charge < -0.3 is 14.6 Å². The molecule has 0 atom stereocenters. The standard InChI is InChI=1S/C75H70BN3/c1-6-9-23-52-34-39-59(40-35-52)77(58-30-19-14-20-31-58)61-43-44-62-65-49-57(55-26-15-12-16-27-55)50-71-73(65)76(79(70(62)51-61)60-41-36-53(37-42-60)24-10-7-2)68-46-45-67-72(63-32-21-22-33-66(63)75(67,4)5)74(68)78(71)69-47-38-54(25-11-8-3)48-64(69)56-28-17-13-18-29-56/h12-22,26-51H,6-11,23-25H2,1-5H3. The van der Waals surface area contributed by atoms with Gasteiger partial charge in [-0.2, -0.15) is 0 Å². The van der Waals surface area contributed by atoms with Gasteiger partial charge in [0.25, 0.3) is 0 Å². The number of fused-ring (bicyclic) bond motifs is 8. The summed E-state index contributed by atoms with van der Waals surface area (Å²) in [6, 6.07) is 86.0. The molecule has 0 N–H and O–H groups in total. The summed E-state index contributed by atoms with van der Waals surface area (Å²) >= 11 is 0. The Morgan fingerprint density at radius 3 is 1.67 bits per heavy atom. The zero-order valence-electron chi connectivity index (χ0n) is 46.6. The highest BCUT2D eigenvalue weighted by molar-refractivity contribution is 6.93. The topological polar surface area (TPSA) is 9.72 Å². The van der Waals surface area contributed by atoms with E-state index in [0.29, 0.717) is 0 Å². The maximum absolute atomic E-state index is 2.72. The minimum Gasteiger partial charge on any atom is -0.376 e. The van der Waals surface area contributed by atoms with E-state index >= 15 is 0 Å². The molecule has 0 bridgehead atoms. The summed E-state index contributed by atoms with van der Waals surface area (Å²) in [5.74, 6) is 0. The smallest absolute Gasteiger partial charge is 0.333 e. The summed E-state index contributed by atoms with van der Waals surface area (Å²) in [7, 11) is 0. The van der Waals surface area contributed by atoms with E-state index < -0.39 is 0 Å². The van der Waals surface area contributed by atoms with Gasteiger partial charge in [0.1, 0.15) is 0 Å². The molecule has 1 aliphatic carbocycles. The van der Waals surface area contributed by atoms with E-state index in [-0.39, 0.29) is 12.3 Å². The van der Waals surface area contributed by atoms with Crippen molar-refractivity contribution in [3.8, 4) is 44.5 Å². The number of unbranched alkanes of at least 4 members (excludes halogenated alkanes) is 3. The summed E-state index contributed by atoms with van der Waals surface area (Å²) in [6.45, 7) is 11.5. The highest BCUT2D eigenvalue weighted by Crippen LogP contribution is 2.58. The summed E-state index contributed by atoms with van der Waals surface area (Å²) in [5.41, 5.74) is 28.8. The van der Waals surface area contributed by atoms with Gasteiger partial charge in [-0.25, -0.2) is 0 Å². The van der Waals surface area contributed by atoms with Crippen LogP contribution in [0.25, 0.3) is 44.5 Å². The molecule has 13 rings (SSSR count). The second-order valence-electron chi connectivity index (χ2n) is 22.8. The van der Waals surface area contributed by atoms with Crippen LogP contribution in [-0.2, 0) is 24.7 Å². The van der Waals surface area contributed by atoms with Gasteiger partial charge in [0.2, 0.25) is 0 Å². The number of para-hydroxylation sites is 1. The molecule has 10 aromatic rings. The van der Waals surface area contributed by atoms with Crippen molar-refractivity contribution in [1.82, 2.24) is 0 Å². The number of benzene rings is 10. The molecule has 0 saturated carbocycles. The average Bonchev–Trinajstić information content (AvgIpc) is 3.72. The van der Waals surface area contributed by atoms with Crippen LogP contribution >= 0.6 is 0 Å². The van der Waals surface area contributed by atoms with Crippen LogP contribution in [0.3, 0.4) is 0 Å². The number of hydrogen-bond donors (Lipinski definition) is 0. The summed E-state index contributed by atoms with van der Waals surface area (Å²) in [5, 5.41) is 0. The molecular weight excluding hydrogens is 954 g/mol. The Morgan fingerprint density at radius 2 is 0.987 bits per heavy atom. The fourth-order valence-corrected chi connectivity index (χ4v) is 13.3. The monoisotopic (exact) mass is 1020 g/mol. The molecule has 0 amide bonds. The van der Waals surface area contributed by atoms with Crippen LogP contribution in [0.1, 0.15) is 101 Å². The van der Waals surface area contributed by atoms with E-state index in [2.05, 4.69) is 274 Å². The number of hydrogen-bond acceptors (Lipinski definition) is 3. The third kappa shape index (κ3) is 8.87. The van der Waals surface area contributed by atoms with Crippen molar-refractivity contribution >= 4 is 63.3 Å². The van der Waals surface area contributed by atoms with Crippen LogP contribution in [0.2, 0.25) is 0 Å². The summed E-state index contributed by atoms with van der Waals surface area (Å²) in [6.07, 6.45) is 10.2. The Labute approximate surface area is 470 Å². The zero-order valence-corrected chi connectivity index (χ0v) is 46.6. The fraction of sp³-hybridized carbons (Fsp3) is 0.200. The van der Waals surface area contributed by atoms with Gasteiger partial charge in [0, 0.05) is 56.2 Å². The van der Waals surface area contributed by atoms with E-state index in [4.69, 9.17) is 0 Å². The number of rotatable bonds is 16. The first-order valence-corrected chi connectivity index (χ1v) is 29.3. The predicted molar refractivity (Wildman–Crippen MR) is 339 cm³/mol. The molecule has 0 spiro atoms. The van der Waals surface area contributed by atoms with Gasteiger partial charge in [-0.3, -0.25) is 0 Å². The minimum absolute atomic E-state index is 0.182. The fourth-order valence-electron chi connectivity index (χ4n) is 13.3. The number of anilines is 8. The SMILES string of the molecule is CCCCc1ccc(N2B3c4ccc5c(c4N(c4ccc(CCCC)cc4-c4ccccc4)c4cc(-c6ccccc6)cc(c43)-c3ccc(N(c4ccccc4)c4ccc(CCCC)cc4)cc32)-c2ccccc2C5(C)C)cc1. The van der Waals surface area contributed by atoms with E-state index in [1.807, 2.05) is 0 Å². The van der Waals surface area contributed by atoms with Crippen LogP contribution in [0, 0.1) is 0 Å². The molecule has 0 saturated heterocycles. The summed E-state index contributed by atoms with van der Waals surface area (Å²) < 4.78 is 0. The Morgan fingerprint density at radius 1 is 0.405 bits per heavy atom. The molecule has 10 aromatic carbocycles. The van der Waals surface area contributed by atoms with Gasteiger partial charge >= 0.3 is 6.85 Å². The first-order valence-electron chi connectivity index (χ1n) is 29.3. The Kier molecular flexibility index (Phi) is 13.4. The predicted octanol–water partition coefficient (Wildman–Crippen LogP) is 19.5. The molecule has 2 heterocycles. The van der Waals surface area contributed by atoms with Crippen LogP contribution in [0.4, 0.5) is 45.5 Å². The lowest BCUT2D eigenvalue weighted by atomic mass is 9.43. The molecule has 388 valence electrons. The average molecular weight is 1020 g/mol. The second kappa shape index (κ2) is 21.1. The molecule has 4 heteroatoms. The largest absolute Gasteiger partial charge is 0.376 e. The highest BCUT2D eigenvalue weighted by Gasteiger charge is 2.49. The number of nitrogens with zero attached hydrogens (tertiary/aromatic N) is 3. The van der Waals surface area contributed by atoms with Gasteiger partial charge in [-0.15, -0.1) is 0 Å². The molecule has 0 unspecified atom stereocenters. The second-order valence-corrected chi connectivity index (χ2v) is 22.8. The highest BCUT2D eigenvalue weighted by atomic mass is 15.2. The minimum atomic E-state index is -0.215. The third-order valence-electron chi connectivity index (χ3n) is 17.4. The van der Waals surface area contributed by atoms with E-state index in [1.165, 1.54) is 137 Å². The molecule has 79 heavy (non-hydrogen) atoms. The van der Waals surface area contributed by atoms with Crippen LogP contribution in [0.15, 0.2) is 224 Å². The Bertz CT molecular complexity index is 3830. The van der Waals surface area contributed by atoms with E-state index in [0.717, 1.165) is 49.2 Å². The maximum Gasteiger partial charge on any atom is 0.333 e. The number of aryl methyl sites for hydroxylation is 3. The van der Waals surface area contributed by atoms with Crippen molar-refractivity contribution in [3.05, 3.63) is 252 Å². The van der Waals surface area contributed by atoms with Crippen molar-refractivity contribution < 1.29 is 0 Å². The lowest BCUT2D eigenvalue weighted by molar-refractivity contribution is 0.660. The van der Waals surface area contributed by atoms with Crippen molar-refractivity contribution in [2.45, 2.75) is 97.8 Å². The van der Waals surface area contributed by atoms with E-state index in [1.54, 1.807) is 0 Å². The van der Waals surface area contributed by atoms with Gasteiger partial charge in [0.15, 0.2) is 0 Å². The Hall–Kier alpha value is -8.34. The van der Waals surface area contributed by atoms with Crippen molar-refractivity contribution in [2.24, 2.45) is 0 Å². The van der Waals surface area contributed by atoms with Crippen LogP contribution in [-0.4, -0.2) is 6.85 Å². The first kappa shape index (κ1) is 50.2. The van der Waals surface area contributed by atoms with Crippen LogP contribution < -0.4 is 25.5 Å². The van der Waals surface area contributed by atoms with Crippen molar-refractivity contribution in [1.29, 1.82) is 0 Å². The zero-order chi connectivity index (χ0) is 53.6. The van der Waals surface area contributed by atoms with Gasteiger partial charge in [-0.1, -0.05) is 206 Å². The summed E-state index contributed by atoms with van der Waals surface area (Å²) in [4.78, 5) is 7.88. The van der Waals surface area contributed by atoms with E-state index in [9.17, 15) is 0 Å². The third-order valence-corrected chi connectivity index (χ3v) is 17.4. The molecular formula is C75H70BN3. The molecule has 0 fully saturated rings. The van der Waals surface area contributed by atoms with Crippen molar-refractivity contribution in [2.75, 3.05) is 14.6 Å². The molecule has 3 nitrogen and oxygen atoms in total. The molecule has 0 radical (unpaired) electrons.